The molecule has 0 aromatic heterocycles. The Labute approximate surface area is 118 Å². The van der Waals surface area contributed by atoms with Gasteiger partial charge in [-0.3, -0.25) is 9.59 Å². The van der Waals surface area contributed by atoms with Crippen molar-refractivity contribution in [2.24, 2.45) is 0 Å². The monoisotopic (exact) mass is 280 g/mol. The Morgan fingerprint density at radius 2 is 1.55 bits per heavy atom. The summed E-state index contributed by atoms with van der Waals surface area (Å²) in [4.78, 5) is 23.1. The van der Waals surface area contributed by atoms with Gasteiger partial charge in [0.25, 0.3) is 0 Å². The van der Waals surface area contributed by atoms with Crippen LogP contribution >= 0.6 is 0 Å². The summed E-state index contributed by atoms with van der Waals surface area (Å²) in [5.74, 6) is 0.488. The van der Waals surface area contributed by atoms with Crippen molar-refractivity contribution in [2.75, 3.05) is 20.3 Å². The minimum Gasteiger partial charge on any atom is -0.493 e. The lowest BCUT2D eigenvalue weighted by Gasteiger charge is -2.16. The molecule has 0 amide bonds. The summed E-state index contributed by atoms with van der Waals surface area (Å²) >= 11 is 0. The Morgan fingerprint density at radius 3 is 1.90 bits per heavy atom. The maximum Gasteiger partial charge on any atom is 0.310 e. The maximum atomic E-state index is 11.5. The molecule has 0 atom stereocenters. The van der Waals surface area contributed by atoms with Gasteiger partial charge in [-0.1, -0.05) is 0 Å². The van der Waals surface area contributed by atoms with Crippen LogP contribution in [-0.4, -0.2) is 32.1 Å². The van der Waals surface area contributed by atoms with Crippen LogP contribution in [0, 0.1) is 0 Å². The smallest absolute Gasteiger partial charge is 0.310 e. The zero-order valence-corrected chi connectivity index (χ0v) is 12.3. The van der Waals surface area contributed by atoms with Gasteiger partial charge in [-0.15, -0.1) is 0 Å². The number of carbonyl (C=O) groups excluding carboxylic acids is 2. The number of methoxy groups -OCH3 is 1. The largest absolute Gasteiger partial charge is 0.493 e. The summed E-state index contributed by atoms with van der Waals surface area (Å²) in [6, 6.07) is 3.26. The molecular formula is C15H20O5. The number of ketones is 1. The number of benzene rings is 1. The molecule has 1 aromatic rings. The summed E-state index contributed by atoms with van der Waals surface area (Å²) in [5.41, 5.74) is 1.09. The number of rotatable bonds is 7. The Bertz CT molecular complexity index is 466. The molecule has 5 heteroatoms. The van der Waals surface area contributed by atoms with E-state index in [1.807, 2.05) is 13.8 Å². The molecule has 0 bridgehead atoms. The van der Waals surface area contributed by atoms with Gasteiger partial charge in [0.2, 0.25) is 0 Å². The lowest BCUT2D eigenvalue weighted by atomic mass is 10.0. The molecule has 0 fully saturated rings. The molecule has 1 rings (SSSR count). The van der Waals surface area contributed by atoms with Crippen molar-refractivity contribution in [1.82, 2.24) is 0 Å². The molecule has 5 nitrogen and oxygen atoms in total. The van der Waals surface area contributed by atoms with Gasteiger partial charge in [0.1, 0.15) is 11.5 Å². The van der Waals surface area contributed by atoms with Crippen LogP contribution in [0.25, 0.3) is 0 Å². The van der Waals surface area contributed by atoms with Gasteiger partial charge >= 0.3 is 5.97 Å². The first-order chi connectivity index (χ1) is 9.53. The lowest BCUT2D eigenvalue weighted by Crippen LogP contribution is -2.10. The van der Waals surface area contributed by atoms with E-state index in [9.17, 15) is 9.59 Å². The predicted octanol–water partition coefficient (Wildman–Crippen LogP) is 2.40. The molecule has 1 aromatic carbocycles. The van der Waals surface area contributed by atoms with E-state index in [2.05, 4.69) is 4.74 Å². The summed E-state index contributed by atoms with van der Waals surface area (Å²) in [6.45, 7) is 6.01. The van der Waals surface area contributed by atoms with E-state index in [1.54, 1.807) is 12.1 Å². The van der Waals surface area contributed by atoms with Crippen LogP contribution in [0.4, 0.5) is 0 Å². The van der Waals surface area contributed by atoms with Gasteiger partial charge in [0, 0.05) is 11.1 Å². The van der Waals surface area contributed by atoms with Crippen LogP contribution < -0.4 is 9.47 Å². The highest BCUT2D eigenvalue weighted by Gasteiger charge is 2.18. The van der Waals surface area contributed by atoms with E-state index in [1.165, 1.54) is 14.0 Å². The zero-order chi connectivity index (χ0) is 15.1. The van der Waals surface area contributed by atoms with E-state index in [0.29, 0.717) is 35.8 Å². The van der Waals surface area contributed by atoms with Crippen molar-refractivity contribution in [1.29, 1.82) is 0 Å². The minimum absolute atomic E-state index is 0.0410. The standard InChI is InChI=1S/C15H20O5/c1-5-19-13-7-11(10(3)16)8-14(20-6-2)12(13)9-15(17)18-4/h7-8H,5-6,9H2,1-4H3. The molecule has 0 heterocycles. The van der Waals surface area contributed by atoms with E-state index in [4.69, 9.17) is 9.47 Å². The summed E-state index contributed by atoms with van der Waals surface area (Å²) in [7, 11) is 1.33. The van der Waals surface area contributed by atoms with Crippen LogP contribution in [0.15, 0.2) is 12.1 Å². The number of carbonyl (C=O) groups is 2. The minimum atomic E-state index is -0.387. The van der Waals surface area contributed by atoms with Crippen LogP contribution in [0.3, 0.4) is 0 Å². The van der Waals surface area contributed by atoms with Crippen molar-refractivity contribution >= 4 is 11.8 Å². The van der Waals surface area contributed by atoms with Crippen LogP contribution in [0.5, 0.6) is 11.5 Å². The Hall–Kier alpha value is -2.04. The fraction of sp³-hybridized carbons (Fsp3) is 0.467. The molecule has 0 aliphatic carbocycles. The molecule has 0 unspecified atom stereocenters. The number of ether oxygens (including phenoxy) is 3. The van der Waals surface area contributed by atoms with E-state index >= 15 is 0 Å². The van der Waals surface area contributed by atoms with Crippen molar-refractivity contribution in [3.05, 3.63) is 23.3 Å². The van der Waals surface area contributed by atoms with E-state index in [-0.39, 0.29) is 18.2 Å². The predicted molar refractivity (Wildman–Crippen MR) is 74.5 cm³/mol. The molecule has 20 heavy (non-hydrogen) atoms. The van der Waals surface area contributed by atoms with Crippen molar-refractivity contribution in [2.45, 2.75) is 27.2 Å². The van der Waals surface area contributed by atoms with Crippen molar-refractivity contribution < 1.29 is 23.8 Å². The Kier molecular flexibility index (Phi) is 6.03. The van der Waals surface area contributed by atoms with E-state index in [0.717, 1.165) is 0 Å². The number of hydrogen-bond acceptors (Lipinski definition) is 5. The molecule has 0 radical (unpaired) electrons. The second-order valence-corrected chi connectivity index (χ2v) is 4.13. The normalized spacial score (nSPS) is 10.0. The molecule has 0 aliphatic rings. The fourth-order valence-electron chi connectivity index (χ4n) is 1.78. The van der Waals surface area contributed by atoms with Crippen molar-refractivity contribution in [3.8, 4) is 11.5 Å². The molecule has 0 aliphatic heterocycles. The molecule has 0 saturated heterocycles. The fourth-order valence-corrected chi connectivity index (χ4v) is 1.78. The highest BCUT2D eigenvalue weighted by molar-refractivity contribution is 5.95. The second kappa shape index (κ2) is 7.53. The quantitative estimate of drug-likeness (QED) is 0.567. The molecule has 0 spiro atoms. The maximum absolute atomic E-state index is 11.5. The Morgan fingerprint density at radius 1 is 1.05 bits per heavy atom. The van der Waals surface area contributed by atoms with Gasteiger partial charge in [-0.05, 0) is 32.9 Å². The van der Waals surface area contributed by atoms with Crippen LogP contribution in [0.1, 0.15) is 36.7 Å². The highest BCUT2D eigenvalue weighted by atomic mass is 16.5. The molecular weight excluding hydrogens is 260 g/mol. The van der Waals surface area contributed by atoms with Crippen LogP contribution in [0.2, 0.25) is 0 Å². The molecule has 0 N–H and O–H groups in total. The first-order valence-corrected chi connectivity index (χ1v) is 6.53. The third-order valence-corrected chi connectivity index (χ3v) is 2.72. The number of hydrogen-bond donors (Lipinski definition) is 0. The molecule has 0 saturated carbocycles. The second-order valence-electron chi connectivity index (χ2n) is 4.13. The van der Waals surface area contributed by atoms with E-state index < -0.39 is 0 Å². The number of esters is 1. The van der Waals surface area contributed by atoms with Gasteiger partial charge in [-0.2, -0.15) is 0 Å². The lowest BCUT2D eigenvalue weighted by molar-refractivity contribution is -0.139. The third-order valence-electron chi connectivity index (χ3n) is 2.72. The number of Topliss-reactive ketones (excluding diaryl/α,β-unsaturated/α-hetero) is 1. The topological polar surface area (TPSA) is 61.8 Å². The zero-order valence-electron chi connectivity index (χ0n) is 12.3. The van der Waals surface area contributed by atoms with Gasteiger partial charge in [0.05, 0.1) is 26.7 Å². The third kappa shape index (κ3) is 3.98. The average molecular weight is 280 g/mol. The van der Waals surface area contributed by atoms with Crippen LogP contribution in [-0.2, 0) is 16.0 Å². The first kappa shape index (κ1) is 16.0. The Balaban J connectivity index is 3.33. The SMILES string of the molecule is CCOc1cc(C(C)=O)cc(OCC)c1CC(=O)OC. The molecule has 110 valence electrons. The highest BCUT2D eigenvalue weighted by Crippen LogP contribution is 2.32. The summed E-state index contributed by atoms with van der Waals surface area (Å²) < 4.78 is 15.7. The van der Waals surface area contributed by atoms with Gasteiger partial charge in [0.15, 0.2) is 5.78 Å². The summed E-state index contributed by atoms with van der Waals surface area (Å²) in [6.07, 6.45) is 0.0410. The van der Waals surface area contributed by atoms with Gasteiger partial charge in [-0.25, -0.2) is 0 Å². The first-order valence-electron chi connectivity index (χ1n) is 6.53. The van der Waals surface area contributed by atoms with Crippen molar-refractivity contribution in [3.63, 3.8) is 0 Å². The van der Waals surface area contributed by atoms with Gasteiger partial charge < -0.3 is 14.2 Å². The average Bonchev–Trinajstić information content (AvgIpc) is 2.42. The summed E-state index contributed by atoms with van der Waals surface area (Å²) in [5, 5.41) is 0.